The van der Waals surface area contributed by atoms with E-state index >= 15 is 0 Å². The van der Waals surface area contributed by atoms with E-state index in [1.807, 2.05) is 7.05 Å². The molecule has 3 heterocycles. The van der Waals surface area contributed by atoms with E-state index in [1.54, 1.807) is 4.90 Å². The topological polar surface area (TPSA) is 96.4 Å². The van der Waals surface area contributed by atoms with E-state index in [0.29, 0.717) is 13.1 Å². The molecule has 0 spiro atoms. The third-order valence-electron chi connectivity index (χ3n) is 5.09. The molecule has 0 aromatic heterocycles. The second kappa shape index (κ2) is 6.75. The van der Waals surface area contributed by atoms with Gasteiger partial charge in [-0.2, -0.15) is 0 Å². The van der Waals surface area contributed by atoms with Gasteiger partial charge in [-0.3, -0.25) is 14.2 Å². The summed E-state index contributed by atoms with van der Waals surface area (Å²) in [6, 6.07) is 0. The van der Waals surface area contributed by atoms with Crippen LogP contribution in [0.2, 0.25) is 0 Å². The molecule has 3 saturated heterocycles. The Morgan fingerprint density at radius 2 is 1.75 bits per heavy atom. The second-order valence-electron chi connectivity index (χ2n) is 7.11. The van der Waals surface area contributed by atoms with Crippen molar-refractivity contribution in [2.75, 3.05) is 46.2 Å². The number of carbonyl (C=O) groups excluding carboxylic acids is 2. The van der Waals surface area contributed by atoms with Crippen LogP contribution in [0.1, 0.15) is 12.8 Å². The number of fused-ring (bicyclic) bond motifs is 2. The standard InChI is InChI=1S/C15H25N2O6P/c1-16-5-7-17(8-6-16)14(18)12-10-3-4-11(23-10)13(12)15(19)22-9-24(2,20)21/h10-13H,3-9H2,1-2H3,(H,20,21). The summed E-state index contributed by atoms with van der Waals surface area (Å²) in [5.41, 5.74) is 0. The van der Waals surface area contributed by atoms with Gasteiger partial charge in [0.15, 0.2) is 6.35 Å². The Morgan fingerprint density at radius 3 is 2.33 bits per heavy atom. The molecule has 24 heavy (non-hydrogen) atoms. The molecule has 3 aliphatic rings. The summed E-state index contributed by atoms with van der Waals surface area (Å²) in [5, 5.41) is 0. The molecular weight excluding hydrogens is 335 g/mol. The first-order valence-corrected chi connectivity index (χ1v) is 10.6. The first-order valence-electron chi connectivity index (χ1n) is 8.35. The molecule has 2 bridgehead atoms. The highest BCUT2D eigenvalue weighted by molar-refractivity contribution is 7.56. The lowest BCUT2D eigenvalue weighted by Crippen LogP contribution is -2.52. The van der Waals surface area contributed by atoms with Gasteiger partial charge in [0.1, 0.15) is 0 Å². The Balaban J connectivity index is 1.69. The molecule has 5 atom stereocenters. The number of amides is 1. The summed E-state index contributed by atoms with van der Waals surface area (Å²) in [7, 11) is -1.42. The molecular formula is C15H25N2O6P. The SMILES string of the molecule is CN1CCN(C(=O)C2C3CCC(O3)C2C(=O)OCP(C)(=O)O)CC1. The summed E-state index contributed by atoms with van der Waals surface area (Å²) in [4.78, 5) is 38.6. The molecule has 3 aliphatic heterocycles. The van der Waals surface area contributed by atoms with E-state index in [2.05, 4.69) is 4.90 Å². The van der Waals surface area contributed by atoms with Crippen molar-refractivity contribution >= 4 is 19.2 Å². The number of piperazine rings is 1. The molecule has 8 nitrogen and oxygen atoms in total. The fourth-order valence-electron chi connectivity index (χ4n) is 3.81. The van der Waals surface area contributed by atoms with E-state index in [0.717, 1.165) is 32.6 Å². The fourth-order valence-corrected chi connectivity index (χ4v) is 4.18. The molecule has 9 heteroatoms. The third-order valence-corrected chi connectivity index (χ3v) is 5.70. The van der Waals surface area contributed by atoms with Gasteiger partial charge >= 0.3 is 5.97 Å². The highest BCUT2D eigenvalue weighted by atomic mass is 31.2. The third kappa shape index (κ3) is 3.67. The van der Waals surface area contributed by atoms with E-state index in [4.69, 9.17) is 9.47 Å². The summed E-state index contributed by atoms with van der Waals surface area (Å²) < 4.78 is 22.2. The van der Waals surface area contributed by atoms with Crippen molar-refractivity contribution in [3.8, 4) is 0 Å². The molecule has 136 valence electrons. The zero-order chi connectivity index (χ0) is 17.5. The number of likely N-dealkylation sites (N-methyl/N-ethyl adjacent to an activating group) is 1. The average molecular weight is 360 g/mol. The lowest BCUT2D eigenvalue weighted by atomic mass is 9.78. The Bertz CT molecular complexity index is 556. The average Bonchev–Trinajstić information content (AvgIpc) is 3.13. The van der Waals surface area contributed by atoms with Gasteiger partial charge in [-0.05, 0) is 19.9 Å². The van der Waals surface area contributed by atoms with Crippen molar-refractivity contribution in [1.82, 2.24) is 9.80 Å². The number of ether oxygens (including phenoxy) is 2. The van der Waals surface area contributed by atoms with Crippen LogP contribution in [0.4, 0.5) is 0 Å². The van der Waals surface area contributed by atoms with E-state index in [9.17, 15) is 19.0 Å². The number of nitrogens with zero attached hydrogens (tertiary/aromatic N) is 2. The van der Waals surface area contributed by atoms with Gasteiger partial charge in [0.2, 0.25) is 13.3 Å². The van der Waals surface area contributed by atoms with Crippen LogP contribution in [0, 0.1) is 11.8 Å². The van der Waals surface area contributed by atoms with Crippen molar-refractivity contribution in [1.29, 1.82) is 0 Å². The smallest absolute Gasteiger partial charge is 0.313 e. The highest BCUT2D eigenvalue weighted by Gasteiger charge is 2.57. The maximum absolute atomic E-state index is 12.9. The summed E-state index contributed by atoms with van der Waals surface area (Å²) >= 11 is 0. The molecule has 0 saturated carbocycles. The summed E-state index contributed by atoms with van der Waals surface area (Å²) in [6.45, 7) is 4.06. The van der Waals surface area contributed by atoms with E-state index < -0.39 is 31.5 Å². The van der Waals surface area contributed by atoms with Gasteiger partial charge in [0, 0.05) is 32.8 Å². The molecule has 0 aliphatic carbocycles. The molecule has 3 rings (SSSR count). The normalized spacial score (nSPS) is 35.7. The lowest BCUT2D eigenvalue weighted by molar-refractivity contribution is -0.155. The lowest BCUT2D eigenvalue weighted by Gasteiger charge is -2.36. The molecule has 0 radical (unpaired) electrons. The van der Waals surface area contributed by atoms with E-state index in [-0.39, 0.29) is 18.1 Å². The van der Waals surface area contributed by atoms with Gasteiger partial charge in [-0.25, -0.2) is 0 Å². The number of esters is 1. The number of hydrogen-bond acceptors (Lipinski definition) is 6. The van der Waals surface area contributed by atoms with Crippen LogP contribution in [0.3, 0.4) is 0 Å². The van der Waals surface area contributed by atoms with Crippen LogP contribution >= 0.6 is 7.37 Å². The number of hydrogen-bond donors (Lipinski definition) is 1. The zero-order valence-corrected chi connectivity index (χ0v) is 15.0. The predicted molar refractivity (Wildman–Crippen MR) is 85.7 cm³/mol. The van der Waals surface area contributed by atoms with Crippen LogP contribution in [-0.4, -0.2) is 85.0 Å². The van der Waals surface area contributed by atoms with Crippen LogP contribution in [0.5, 0.6) is 0 Å². The van der Waals surface area contributed by atoms with Gasteiger partial charge < -0.3 is 24.2 Å². The second-order valence-corrected chi connectivity index (χ2v) is 9.47. The first kappa shape index (κ1) is 17.9. The quantitative estimate of drug-likeness (QED) is 0.555. The fraction of sp³-hybridized carbons (Fsp3) is 0.867. The molecule has 5 unspecified atom stereocenters. The highest BCUT2D eigenvalue weighted by Crippen LogP contribution is 2.45. The minimum Gasteiger partial charge on any atom is -0.455 e. The Labute approximate surface area is 141 Å². The largest absolute Gasteiger partial charge is 0.455 e. The summed E-state index contributed by atoms with van der Waals surface area (Å²) in [6.07, 6.45) is 0.404. The van der Waals surface area contributed by atoms with Crippen molar-refractivity contribution in [2.24, 2.45) is 11.8 Å². The van der Waals surface area contributed by atoms with Gasteiger partial charge in [-0.1, -0.05) is 0 Å². The molecule has 1 amide bonds. The number of rotatable bonds is 4. The first-order chi connectivity index (χ1) is 11.3. The monoisotopic (exact) mass is 360 g/mol. The maximum atomic E-state index is 12.9. The van der Waals surface area contributed by atoms with Gasteiger partial charge in [0.05, 0.1) is 24.0 Å². The predicted octanol–water partition coefficient (Wildman–Crippen LogP) is -0.0451. The molecule has 0 aromatic carbocycles. The maximum Gasteiger partial charge on any atom is 0.313 e. The molecule has 1 N–H and O–H groups in total. The number of carbonyl (C=O) groups is 2. The minimum absolute atomic E-state index is 0.0547. The Hall–Kier alpha value is -0.950. The van der Waals surface area contributed by atoms with Crippen molar-refractivity contribution in [2.45, 2.75) is 25.0 Å². The van der Waals surface area contributed by atoms with Crippen LogP contribution in [0.15, 0.2) is 0 Å². The van der Waals surface area contributed by atoms with Gasteiger partial charge in [-0.15, -0.1) is 0 Å². The Kier molecular flexibility index (Phi) is 5.02. The Morgan fingerprint density at radius 1 is 1.17 bits per heavy atom. The van der Waals surface area contributed by atoms with Crippen LogP contribution < -0.4 is 0 Å². The van der Waals surface area contributed by atoms with Crippen LogP contribution in [0.25, 0.3) is 0 Å². The molecule has 3 fully saturated rings. The van der Waals surface area contributed by atoms with Crippen molar-refractivity contribution in [3.05, 3.63) is 0 Å². The zero-order valence-electron chi connectivity index (χ0n) is 14.1. The van der Waals surface area contributed by atoms with Crippen LogP contribution in [-0.2, 0) is 23.6 Å². The van der Waals surface area contributed by atoms with Crippen molar-refractivity contribution < 1.29 is 28.5 Å². The molecule has 0 aromatic rings. The van der Waals surface area contributed by atoms with E-state index in [1.165, 1.54) is 0 Å². The summed E-state index contributed by atoms with van der Waals surface area (Å²) in [5.74, 6) is -1.84. The van der Waals surface area contributed by atoms with Gasteiger partial charge in [0.25, 0.3) is 0 Å². The minimum atomic E-state index is -3.44. The van der Waals surface area contributed by atoms with Crippen molar-refractivity contribution in [3.63, 3.8) is 0 Å².